The molecule has 5 nitrogen and oxygen atoms in total. The Balaban J connectivity index is 0.00000243. The second kappa shape index (κ2) is 11.1. The van der Waals surface area contributed by atoms with Crippen LogP contribution >= 0.6 is 24.0 Å². The van der Waals surface area contributed by atoms with Gasteiger partial charge in [0.2, 0.25) is 0 Å². The maximum atomic E-state index is 6.10. The van der Waals surface area contributed by atoms with E-state index in [1.54, 1.807) is 0 Å². The zero-order valence-electron chi connectivity index (χ0n) is 16.7. The van der Waals surface area contributed by atoms with Crippen molar-refractivity contribution in [1.29, 1.82) is 0 Å². The van der Waals surface area contributed by atoms with Crippen LogP contribution < -0.4 is 5.32 Å². The van der Waals surface area contributed by atoms with E-state index in [0.29, 0.717) is 17.6 Å². The standard InChI is InChI=1S/C20H37N3O2.HI/c1-3-21-19(22-16-20(2)10-4-5-11-20)23-12-8-17(9-13-23)25-15-18-7-6-14-24-18;/h17-18H,3-16H2,1-2H3,(H,21,22);1H. The van der Waals surface area contributed by atoms with Crippen LogP contribution in [0.2, 0.25) is 0 Å². The number of likely N-dealkylation sites (tertiary alicyclic amines) is 1. The Morgan fingerprint density at radius 2 is 1.92 bits per heavy atom. The summed E-state index contributed by atoms with van der Waals surface area (Å²) in [6.07, 6.45) is 10.7. The van der Waals surface area contributed by atoms with E-state index >= 15 is 0 Å². The summed E-state index contributed by atoms with van der Waals surface area (Å²) in [5, 5.41) is 3.50. The minimum atomic E-state index is 0. The molecule has 1 unspecified atom stereocenters. The van der Waals surface area contributed by atoms with E-state index in [0.717, 1.165) is 64.6 Å². The van der Waals surface area contributed by atoms with E-state index < -0.39 is 0 Å². The van der Waals surface area contributed by atoms with Crippen molar-refractivity contribution in [3.8, 4) is 0 Å². The molecular weight excluding hydrogens is 441 g/mol. The van der Waals surface area contributed by atoms with Crippen molar-refractivity contribution in [3.05, 3.63) is 0 Å². The molecule has 6 heteroatoms. The third kappa shape index (κ3) is 6.51. The van der Waals surface area contributed by atoms with Crippen LogP contribution in [0.5, 0.6) is 0 Å². The van der Waals surface area contributed by atoms with Gasteiger partial charge in [-0.1, -0.05) is 19.8 Å². The number of halogens is 1. The van der Waals surface area contributed by atoms with Crippen molar-refractivity contribution in [2.24, 2.45) is 10.4 Å². The Kier molecular flexibility index (Phi) is 9.44. The SMILES string of the molecule is CCNC(=NCC1(C)CCCC1)N1CCC(OCC2CCCO2)CC1.I. The first-order chi connectivity index (χ1) is 12.2. The fourth-order valence-corrected chi connectivity index (χ4v) is 4.33. The third-order valence-electron chi connectivity index (χ3n) is 6.04. The monoisotopic (exact) mass is 479 g/mol. The lowest BCUT2D eigenvalue weighted by molar-refractivity contribution is -0.0367. The van der Waals surface area contributed by atoms with E-state index in [4.69, 9.17) is 14.5 Å². The molecule has 3 aliphatic rings. The number of hydrogen-bond donors (Lipinski definition) is 1. The lowest BCUT2D eigenvalue weighted by atomic mass is 9.89. The third-order valence-corrected chi connectivity index (χ3v) is 6.04. The molecule has 0 radical (unpaired) electrons. The van der Waals surface area contributed by atoms with Crippen molar-refractivity contribution in [2.75, 3.05) is 39.4 Å². The number of piperidine rings is 1. The minimum Gasteiger partial charge on any atom is -0.376 e. The highest BCUT2D eigenvalue weighted by atomic mass is 127. The molecule has 3 fully saturated rings. The molecule has 26 heavy (non-hydrogen) atoms. The van der Waals surface area contributed by atoms with Crippen molar-refractivity contribution in [2.45, 2.75) is 77.4 Å². The van der Waals surface area contributed by atoms with Crippen LogP contribution in [0.3, 0.4) is 0 Å². The summed E-state index contributed by atoms with van der Waals surface area (Å²) >= 11 is 0. The minimum absolute atomic E-state index is 0. The van der Waals surface area contributed by atoms with Crippen LogP contribution in [0, 0.1) is 5.41 Å². The van der Waals surface area contributed by atoms with Crippen molar-refractivity contribution in [3.63, 3.8) is 0 Å². The lowest BCUT2D eigenvalue weighted by Crippen LogP contribution is -2.47. The van der Waals surface area contributed by atoms with Crippen molar-refractivity contribution in [1.82, 2.24) is 10.2 Å². The predicted octanol–water partition coefficient (Wildman–Crippen LogP) is 3.81. The zero-order valence-corrected chi connectivity index (χ0v) is 19.0. The van der Waals surface area contributed by atoms with Crippen LogP contribution in [0.15, 0.2) is 4.99 Å². The Labute approximate surface area is 176 Å². The van der Waals surface area contributed by atoms with Gasteiger partial charge in [-0.2, -0.15) is 0 Å². The van der Waals surface area contributed by atoms with E-state index in [2.05, 4.69) is 24.1 Å². The number of guanidine groups is 1. The van der Waals surface area contributed by atoms with Gasteiger partial charge in [0.15, 0.2) is 5.96 Å². The molecule has 1 aliphatic carbocycles. The smallest absolute Gasteiger partial charge is 0.193 e. The van der Waals surface area contributed by atoms with Crippen LogP contribution in [0.4, 0.5) is 0 Å². The molecule has 0 aromatic heterocycles. The summed E-state index contributed by atoms with van der Waals surface area (Å²) in [7, 11) is 0. The molecule has 2 heterocycles. The zero-order chi connectivity index (χ0) is 17.5. The normalized spacial score (nSPS) is 26.8. The largest absolute Gasteiger partial charge is 0.376 e. The number of nitrogens with zero attached hydrogens (tertiary/aromatic N) is 2. The van der Waals surface area contributed by atoms with Crippen LogP contribution in [0.25, 0.3) is 0 Å². The van der Waals surface area contributed by atoms with E-state index in [-0.39, 0.29) is 24.0 Å². The summed E-state index contributed by atoms with van der Waals surface area (Å²) in [4.78, 5) is 7.42. The van der Waals surface area contributed by atoms with Gasteiger partial charge >= 0.3 is 0 Å². The highest BCUT2D eigenvalue weighted by Crippen LogP contribution is 2.37. The van der Waals surface area contributed by atoms with Crippen LogP contribution in [0.1, 0.15) is 65.2 Å². The van der Waals surface area contributed by atoms with Gasteiger partial charge in [0, 0.05) is 32.8 Å². The highest BCUT2D eigenvalue weighted by molar-refractivity contribution is 14.0. The average Bonchev–Trinajstić information content (AvgIpc) is 3.29. The summed E-state index contributed by atoms with van der Waals surface area (Å²) in [5.41, 5.74) is 0.420. The fraction of sp³-hybridized carbons (Fsp3) is 0.950. The molecule has 1 N–H and O–H groups in total. The van der Waals surface area contributed by atoms with E-state index in [9.17, 15) is 0 Å². The van der Waals surface area contributed by atoms with E-state index in [1.807, 2.05) is 0 Å². The van der Waals surface area contributed by atoms with Gasteiger partial charge in [0.1, 0.15) is 0 Å². The summed E-state index contributed by atoms with van der Waals surface area (Å²) in [6.45, 7) is 10.2. The molecule has 0 bridgehead atoms. The van der Waals surface area contributed by atoms with Gasteiger partial charge in [-0.25, -0.2) is 0 Å². The lowest BCUT2D eigenvalue weighted by Gasteiger charge is -2.35. The summed E-state index contributed by atoms with van der Waals surface area (Å²) in [5.74, 6) is 1.10. The number of ether oxygens (including phenoxy) is 2. The quantitative estimate of drug-likeness (QED) is 0.358. The molecule has 2 aliphatic heterocycles. The first kappa shape index (κ1) is 22.2. The molecule has 2 saturated heterocycles. The van der Waals surface area contributed by atoms with E-state index in [1.165, 1.54) is 32.1 Å². The summed E-state index contributed by atoms with van der Waals surface area (Å²) < 4.78 is 11.8. The number of rotatable bonds is 6. The number of aliphatic imine (C=N–C) groups is 1. The Morgan fingerprint density at radius 1 is 1.19 bits per heavy atom. The highest BCUT2D eigenvalue weighted by Gasteiger charge is 2.29. The average molecular weight is 479 g/mol. The Bertz CT molecular complexity index is 427. The van der Waals surface area contributed by atoms with Crippen molar-refractivity contribution < 1.29 is 9.47 Å². The van der Waals surface area contributed by atoms with Gasteiger partial charge in [0.05, 0.1) is 18.8 Å². The number of hydrogen-bond acceptors (Lipinski definition) is 3. The molecule has 1 saturated carbocycles. The second-order valence-electron chi connectivity index (χ2n) is 8.34. The van der Waals surface area contributed by atoms with Gasteiger partial charge in [-0.05, 0) is 50.9 Å². The topological polar surface area (TPSA) is 46.1 Å². The summed E-state index contributed by atoms with van der Waals surface area (Å²) in [6, 6.07) is 0. The first-order valence-electron chi connectivity index (χ1n) is 10.4. The maximum absolute atomic E-state index is 6.10. The van der Waals surface area contributed by atoms with Crippen LogP contribution in [-0.2, 0) is 9.47 Å². The van der Waals surface area contributed by atoms with Gasteiger partial charge in [0.25, 0.3) is 0 Å². The molecule has 0 amide bonds. The first-order valence-corrected chi connectivity index (χ1v) is 10.4. The molecule has 152 valence electrons. The Morgan fingerprint density at radius 3 is 2.54 bits per heavy atom. The van der Waals surface area contributed by atoms with Crippen LogP contribution in [-0.4, -0.2) is 62.5 Å². The molecule has 1 atom stereocenters. The maximum Gasteiger partial charge on any atom is 0.193 e. The molecular formula is C20H38IN3O2. The Hall–Kier alpha value is -0.0800. The molecule has 0 spiro atoms. The molecule has 0 aromatic rings. The van der Waals surface area contributed by atoms with Gasteiger partial charge < -0.3 is 19.7 Å². The van der Waals surface area contributed by atoms with Crippen molar-refractivity contribution >= 4 is 29.9 Å². The fourth-order valence-electron chi connectivity index (χ4n) is 4.33. The second-order valence-corrected chi connectivity index (χ2v) is 8.34. The number of nitrogens with one attached hydrogen (secondary N) is 1. The predicted molar refractivity (Wildman–Crippen MR) is 117 cm³/mol. The van der Waals surface area contributed by atoms with Gasteiger partial charge in [-0.15, -0.1) is 24.0 Å². The molecule has 3 rings (SSSR count). The van der Waals surface area contributed by atoms with Gasteiger partial charge in [-0.3, -0.25) is 4.99 Å². The molecule has 0 aromatic carbocycles.